The maximum atomic E-state index is 11.8. The van der Waals surface area contributed by atoms with Gasteiger partial charge in [0, 0.05) is 5.69 Å². The second-order valence-electron chi connectivity index (χ2n) is 4.67. The van der Waals surface area contributed by atoms with Gasteiger partial charge in [-0.25, -0.2) is 0 Å². The van der Waals surface area contributed by atoms with Crippen LogP contribution < -0.4 is 11.1 Å². The van der Waals surface area contributed by atoms with Gasteiger partial charge < -0.3 is 11.1 Å². The van der Waals surface area contributed by atoms with Crippen molar-refractivity contribution in [2.45, 2.75) is 20.8 Å². The number of carbonyl (C=O) groups excluding carboxylic acids is 1. The Kier molecular flexibility index (Phi) is 6.22. The number of aryl methyl sites for hydroxylation is 2. The summed E-state index contributed by atoms with van der Waals surface area (Å²) in [6.45, 7) is 6.78. The van der Waals surface area contributed by atoms with E-state index in [9.17, 15) is 4.79 Å². The average Bonchev–Trinajstić information content (AvgIpc) is 2.34. The van der Waals surface area contributed by atoms with Crippen LogP contribution in [-0.4, -0.2) is 24.0 Å². The van der Waals surface area contributed by atoms with E-state index in [1.165, 1.54) is 0 Å². The monoisotopic (exact) mass is 266 g/mol. The summed E-state index contributed by atoms with van der Waals surface area (Å²) in [6, 6.07) is 6.01. The molecule has 0 saturated heterocycles. The molecule has 3 nitrogen and oxygen atoms in total. The van der Waals surface area contributed by atoms with E-state index in [-0.39, 0.29) is 5.91 Å². The number of hydrogen-bond donors (Lipinski definition) is 2. The molecule has 1 atom stereocenters. The van der Waals surface area contributed by atoms with Crippen molar-refractivity contribution >= 4 is 23.4 Å². The number of nitrogens with two attached hydrogens (primary N) is 1. The summed E-state index contributed by atoms with van der Waals surface area (Å²) in [5, 5.41) is 2.98. The lowest BCUT2D eigenvalue weighted by molar-refractivity contribution is -0.113. The zero-order valence-electron chi connectivity index (χ0n) is 11.3. The third-order valence-corrected chi connectivity index (χ3v) is 4.05. The van der Waals surface area contributed by atoms with Crippen molar-refractivity contribution in [3.8, 4) is 0 Å². The molecule has 1 rings (SSSR count). The van der Waals surface area contributed by atoms with Gasteiger partial charge in [0.2, 0.25) is 5.91 Å². The Hall–Kier alpha value is -1.000. The number of rotatable bonds is 6. The van der Waals surface area contributed by atoms with Crippen LogP contribution in [0.2, 0.25) is 0 Å². The van der Waals surface area contributed by atoms with Crippen LogP contribution in [0.3, 0.4) is 0 Å². The van der Waals surface area contributed by atoms with Crippen molar-refractivity contribution in [1.82, 2.24) is 0 Å². The number of benzene rings is 1. The van der Waals surface area contributed by atoms with E-state index in [2.05, 4.69) is 12.2 Å². The molecule has 3 N–H and O–H groups in total. The van der Waals surface area contributed by atoms with Crippen LogP contribution in [-0.2, 0) is 4.79 Å². The van der Waals surface area contributed by atoms with Gasteiger partial charge in [0.1, 0.15) is 0 Å². The van der Waals surface area contributed by atoms with Crippen LogP contribution in [0.1, 0.15) is 18.1 Å². The quantitative estimate of drug-likeness (QED) is 0.832. The standard InChI is InChI=1S/C14H22N2OS/c1-10(7-15)8-18-9-13(17)16-14-11(2)5-4-6-12(14)3/h4-6,10H,7-9,15H2,1-3H3,(H,16,17). The fraction of sp³-hybridized carbons (Fsp3) is 0.500. The Bertz CT molecular complexity index is 387. The second kappa shape index (κ2) is 7.44. The molecule has 0 heterocycles. The van der Waals surface area contributed by atoms with Crippen molar-refractivity contribution in [1.29, 1.82) is 0 Å². The molecular formula is C14H22N2OS. The van der Waals surface area contributed by atoms with Gasteiger partial charge in [0.15, 0.2) is 0 Å². The first kappa shape index (κ1) is 15.1. The number of amides is 1. The molecule has 1 aromatic rings. The maximum Gasteiger partial charge on any atom is 0.234 e. The van der Waals surface area contributed by atoms with Crippen LogP contribution in [0.25, 0.3) is 0 Å². The van der Waals surface area contributed by atoms with Gasteiger partial charge in [-0.2, -0.15) is 11.8 Å². The SMILES string of the molecule is Cc1cccc(C)c1NC(=O)CSCC(C)CN. The molecule has 0 spiro atoms. The fourth-order valence-electron chi connectivity index (χ4n) is 1.61. The predicted octanol–water partition coefficient (Wildman–Crippen LogP) is 2.57. The number of para-hydroxylation sites is 1. The van der Waals surface area contributed by atoms with E-state index in [0.29, 0.717) is 18.2 Å². The van der Waals surface area contributed by atoms with Crippen molar-refractivity contribution < 1.29 is 4.79 Å². The minimum absolute atomic E-state index is 0.0571. The summed E-state index contributed by atoms with van der Waals surface area (Å²) in [5.74, 6) is 1.93. The van der Waals surface area contributed by atoms with Crippen molar-refractivity contribution in [3.05, 3.63) is 29.3 Å². The molecule has 0 radical (unpaired) electrons. The van der Waals surface area contributed by atoms with Crippen LogP contribution in [0.15, 0.2) is 18.2 Å². The summed E-state index contributed by atoms with van der Waals surface area (Å²) in [6.07, 6.45) is 0. The third-order valence-electron chi connectivity index (χ3n) is 2.78. The topological polar surface area (TPSA) is 55.1 Å². The molecule has 0 fully saturated rings. The molecule has 0 aliphatic heterocycles. The summed E-state index contributed by atoms with van der Waals surface area (Å²) in [7, 11) is 0. The molecule has 0 aliphatic rings. The largest absolute Gasteiger partial charge is 0.330 e. The van der Waals surface area contributed by atoms with Gasteiger partial charge in [-0.15, -0.1) is 0 Å². The highest BCUT2D eigenvalue weighted by Crippen LogP contribution is 2.19. The van der Waals surface area contributed by atoms with E-state index in [4.69, 9.17) is 5.73 Å². The molecule has 1 unspecified atom stereocenters. The van der Waals surface area contributed by atoms with Gasteiger partial charge in [0.05, 0.1) is 5.75 Å². The molecule has 0 aliphatic carbocycles. The van der Waals surface area contributed by atoms with E-state index in [1.807, 2.05) is 32.0 Å². The summed E-state index contributed by atoms with van der Waals surface area (Å²) in [5.41, 5.74) is 8.68. The second-order valence-corrected chi connectivity index (χ2v) is 5.70. The van der Waals surface area contributed by atoms with Gasteiger partial charge >= 0.3 is 0 Å². The number of thioether (sulfide) groups is 1. The van der Waals surface area contributed by atoms with E-state index in [1.54, 1.807) is 11.8 Å². The highest BCUT2D eigenvalue weighted by atomic mass is 32.2. The lowest BCUT2D eigenvalue weighted by Gasteiger charge is -2.12. The maximum absolute atomic E-state index is 11.8. The Labute approximate surface area is 114 Å². The van der Waals surface area contributed by atoms with Crippen molar-refractivity contribution in [2.75, 3.05) is 23.4 Å². The Morgan fingerprint density at radius 1 is 1.39 bits per heavy atom. The van der Waals surface area contributed by atoms with Gasteiger partial charge in [-0.05, 0) is 43.2 Å². The minimum Gasteiger partial charge on any atom is -0.330 e. The van der Waals surface area contributed by atoms with Crippen LogP contribution in [0, 0.1) is 19.8 Å². The number of carbonyl (C=O) groups is 1. The zero-order chi connectivity index (χ0) is 13.5. The molecule has 1 aromatic carbocycles. The van der Waals surface area contributed by atoms with Crippen molar-refractivity contribution in [3.63, 3.8) is 0 Å². The van der Waals surface area contributed by atoms with E-state index >= 15 is 0 Å². The smallest absolute Gasteiger partial charge is 0.234 e. The summed E-state index contributed by atoms with van der Waals surface area (Å²) in [4.78, 5) is 11.8. The van der Waals surface area contributed by atoms with E-state index in [0.717, 1.165) is 22.6 Å². The lowest BCUT2D eigenvalue weighted by Crippen LogP contribution is -2.18. The summed E-state index contributed by atoms with van der Waals surface area (Å²) >= 11 is 1.63. The number of nitrogens with one attached hydrogen (secondary N) is 1. The van der Waals surface area contributed by atoms with E-state index < -0.39 is 0 Å². The van der Waals surface area contributed by atoms with Crippen LogP contribution in [0.5, 0.6) is 0 Å². The van der Waals surface area contributed by atoms with Crippen LogP contribution in [0.4, 0.5) is 5.69 Å². The highest BCUT2D eigenvalue weighted by molar-refractivity contribution is 7.99. The van der Waals surface area contributed by atoms with Crippen LogP contribution >= 0.6 is 11.8 Å². The van der Waals surface area contributed by atoms with Gasteiger partial charge in [0.25, 0.3) is 0 Å². The molecule has 1 amide bonds. The molecule has 0 aromatic heterocycles. The fourth-order valence-corrected chi connectivity index (χ4v) is 2.52. The first-order chi connectivity index (χ1) is 8.54. The molecule has 100 valence electrons. The lowest BCUT2D eigenvalue weighted by atomic mass is 10.1. The number of hydrogen-bond acceptors (Lipinski definition) is 3. The number of anilines is 1. The Balaban J connectivity index is 2.45. The molecular weight excluding hydrogens is 244 g/mol. The molecule has 4 heteroatoms. The highest BCUT2D eigenvalue weighted by Gasteiger charge is 2.08. The molecule has 0 bridgehead atoms. The first-order valence-electron chi connectivity index (χ1n) is 6.18. The van der Waals surface area contributed by atoms with Crippen molar-refractivity contribution in [2.24, 2.45) is 11.7 Å². The Morgan fingerprint density at radius 3 is 2.56 bits per heavy atom. The molecule has 0 saturated carbocycles. The van der Waals surface area contributed by atoms with Gasteiger partial charge in [-0.3, -0.25) is 4.79 Å². The predicted molar refractivity (Wildman–Crippen MR) is 80.1 cm³/mol. The summed E-state index contributed by atoms with van der Waals surface area (Å²) < 4.78 is 0. The molecule has 18 heavy (non-hydrogen) atoms. The van der Waals surface area contributed by atoms with Gasteiger partial charge in [-0.1, -0.05) is 25.1 Å². The average molecular weight is 266 g/mol. The first-order valence-corrected chi connectivity index (χ1v) is 7.34. The third kappa shape index (κ3) is 4.70. The zero-order valence-corrected chi connectivity index (χ0v) is 12.1. The minimum atomic E-state index is 0.0571. The normalized spacial score (nSPS) is 12.2. The Morgan fingerprint density at radius 2 is 2.00 bits per heavy atom.